The van der Waals surface area contributed by atoms with E-state index in [1.807, 2.05) is 32.2 Å². The minimum absolute atomic E-state index is 0.0908. The smallest absolute Gasteiger partial charge is 0.245 e. The maximum Gasteiger partial charge on any atom is 0.245 e. The highest BCUT2D eigenvalue weighted by molar-refractivity contribution is 5.87. The molecule has 4 heteroatoms. The van der Waals surface area contributed by atoms with Crippen LogP contribution in [0, 0.1) is 0 Å². The molecule has 0 saturated heterocycles. The van der Waals surface area contributed by atoms with E-state index in [9.17, 15) is 4.79 Å². The predicted octanol–water partition coefficient (Wildman–Crippen LogP) is 1.52. The summed E-state index contributed by atoms with van der Waals surface area (Å²) >= 11 is 0. The Morgan fingerprint density at radius 1 is 1.56 bits per heavy atom. The quantitative estimate of drug-likeness (QED) is 0.878. The van der Waals surface area contributed by atoms with Crippen LogP contribution in [0.25, 0.3) is 0 Å². The molecule has 0 saturated carbocycles. The van der Waals surface area contributed by atoms with Crippen molar-refractivity contribution in [2.24, 2.45) is 0 Å². The minimum Gasteiger partial charge on any atom is -0.383 e. The third-order valence-corrected chi connectivity index (χ3v) is 3.49. The predicted molar refractivity (Wildman–Crippen MR) is 71.7 cm³/mol. The van der Waals surface area contributed by atoms with Crippen LogP contribution in [0.5, 0.6) is 0 Å². The Morgan fingerprint density at radius 3 is 2.94 bits per heavy atom. The number of amides is 1. The summed E-state index contributed by atoms with van der Waals surface area (Å²) in [6, 6.07) is 8.01. The maximum absolute atomic E-state index is 12.3. The summed E-state index contributed by atoms with van der Waals surface area (Å²) in [6.07, 6.45) is 0.763. The monoisotopic (exact) mass is 248 g/mol. The van der Waals surface area contributed by atoms with Crippen LogP contribution in [0.4, 0.5) is 5.69 Å². The van der Waals surface area contributed by atoms with Crippen LogP contribution in [0.1, 0.15) is 12.5 Å². The highest BCUT2D eigenvalue weighted by Crippen LogP contribution is 2.26. The average Bonchev–Trinajstić information content (AvgIpc) is 2.81. The number of para-hydroxylation sites is 1. The molecular weight excluding hydrogens is 228 g/mol. The SMILES string of the molecule is COCC(C)N(C)C(=O)C1Cc2ccccc2N1. The van der Waals surface area contributed by atoms with E-state index in [0.717, 1.165) is 12.1 Å². The topological polar surface area (TPSA) is 41.6 Å². The van der Waals surface area contributed by atoms with Gasteiger partial charge in [-0.05, 0) is 18.6 Å². The van der Waals surface area contributed by atoms with Crippen molar-refractivity contribution < 1.29 is 9.53 Å². The Balaban J connectivity index is 2.00. The Hall–Kier alpha value is -1.55. The zero-order chi connectivity index (χ0) is 13.1. The largest absolute Gasteiger partial charge is 0.383 e. The second kappa shape index (κ2) is 5.40. The van der Waals surface area contributed by atoms with Crippen LogP contribution >= 0.6 is 0 Å². The molecule has 0 radical (unpaired) electrons. The van der Waals surface area contributed by atoms with Gasteiger partial charge in [0.2, 0.25) is 5.91 Å². The lowest BCUT2D eigenvalue weighted by molar-refractivity contribution is -0.133. The number of benzene rings is 1. The van der Waals surface area contributed by atoms with Gasteiger partial charge in [0.1, 0.15) is 6.04 Å². The lowest BCUT2D eigenvalue weighted by atomic mass is 10.1. The number of methoxy groups -OCH3 is 1. The normalized spacial score (nSPS) is 18.9. The molecule has 0 spiro atoms. The van der Waals surface area contributed by atoms with E-state index >= 15 is 0 Å². The molecule has 0 aromatic heterocycles. The summed E-state index contributed by atoms with van der Waals surface area (Å²) in [6.45, 7) is 2.55. The number of ether oxygens (including phenoxy) is 1. The molecule has 1 aliphatic heterocycles. The first-order valence-corrected chi connectivity index (χ1v) is 6.23. The van der Waals surface area contributed by atoms with Gasteiger partial charge < -0.3 is 15.0 Å². The van der Waals surface area contributed by atoms with Gasteiger partial charge in [-0.2, -0.15) is 0 Å². The van der Waals surface area contributed by atoms with Crippen molar-refractivity contribution in [2.45, 2.75) is 25.4 Å². The first kappa shape index (κ1) is 12.9. The number of hydrogen-bond donors (Lipinski definition) is 1. The van der Waals surface area contributed by atoms with E-state index < -0.39 is 0 Å². The Bertz CT molecular complexity index is 409. The number of likely N-dealkylation sites (N-methyl/N-ethyl adjacent to an activating group) is 1. The molecule has 1 N–H and O–H groups in total. The summed E-state index contributed by atoms with van der Waals surface area (Å²) in [5, 5.41) is 3.28. The highest BCUT2D eigenvalue weighted by Gasteiger charge is 2.30. The highest BCUT2D eigenvalue weighted by atomic mass is 16.5. The van der Waals surface area contributed by atoms with Crippen LogP contribution in [0.3, 0.4) is 0 Å². The van der Waals surface area contributed by atoms with Crippen molar-refractivity contribution in [3.8, 4) is 0 Å². The van der Waals surface area contributed by atoms with Gasteiger partial charge in [0.15, 0.2) is 0 Å². The summed E-state index contributed by atoms with van der Waals surface area (Å²) < 4.78 is 5.09. The van der Waals surface area contributed by atoms with Crippen molar-refractivity contribution in [1.82, 2.24) is 4.90 Å². The molecule has 0 fully saturated rings. The van der Waals surface area contributed by atoms with Crippen molar-refractivity contribution in [3.63, 3.8) is 0 Å². The number of hydrogen-bond acceptors (Lipinski definition) is 3. The van der Waals surface area contributed by atoms with Crippen LogP contribution < -0.4 is 5.32 Å². The fraction of sp³-hybridized carbons (Fsp3) is 0.500. The minimum atomic E-state index is -0.147. The average molecular weight is 248 g/mol. The summed E-state index contributed by atoms with van der Waals surface area (Å²) in [7, 11) is 3.48. The van der Waals surface area contributed by atoms with Gasteiger partial charge in [0, 0.05) is 26.3 Å². The molecule has 2 unspecified atom stereocenters. The first-order chi connectivity index (χ1) is 8.63. The van der Waals surface area contributed by atoms with Gasteiger partial charge in [0.05, 0.1) is 12.6 Å². The summed E-state index contributed by atoms with van der Waals surface area (Å²) in [4.78, 5) is 14.1. The third-order valence-electron chi connectivity index (χ3n) is 3.49. The van der Waals surface area contributed by atoms with Crippen molar-refractivity contribution in [1.29, 1.82) is 0 Å². The Morgan fingerprint density at radius 2 is 2.28 bits per heavy atom. The molecule has 4 nitrogen and oxygen atoms in total. The number of nitrogens with zero attached hydrogens (tertiary/aromatic N) is 1. The molecule has 1 aromatic rings. The Labute approximate surface area is 108 Å². The number of anilines is 1. The number of carbonyl (C=O) groups is 1. The van der Waals surface area contributed by atoms with Crippen molar-refractivity contribution in [3.05, 3.63) is 29.8 Å². The van der Waals surface area contributed by atoms with Crippen LogP contribution in [0.2, 0.25) is 0 Å². The second-order valence-corrected chi connectivity index (χ2v) is 4.81. The first-order valence-electron chi connectivity index (χ1n) is 6.23. The molecule has 98 valence electrons. The van der Waals surface area contributed by atoms with E-state index in [0.29, 0.717) is 6.61 Å². The van der Waals surface area contributed by atoms with Gasteiger partial charge in [-0.25, -0.2) is 0 Å². The summed E-state index contributed by atoms with van der Waals surface area (Å²) in [5.41, 5.74) is 2.28. The fourth-order valence-electron chi connectivity index (χ4n) is 2.26. The van der Waals surface area contributed by atoms with Crippen molar-refractivity contribution in [2.75, 3.05) is 26.1 Å². The molecule has 2 rings (SSSR count). The number of rotatable bonds is 4. The molecule has 18 heavy (non-hydrogen) atoms. The molecule has 1 amide bonds. The second-order valence-electron chi connectivity index (χ2n) is 4.81. The van der Waals surface area contributed by atoms with Gasteiger partial charge in [-0.3, -0.25) is 4.79 Å². The molecule has 2 atom stereocenters. The van der Waals surface area contributed by atoms with Gasteiger partial charge >= 0.3 is 0 Å². The van der Waals surface area contributed by atoms with E-state index in [1.54, 1.807) is 12.0 Å². The zero-order valence-corrected chi connectivity index (χ0v) is 11.1. The van der Waals surface area contributed by atoms with Crippen LogP contribution in [-0.2, 0) is 16.0 Å². The molecule has 0 aliphatic carbocycles. The standard InChI is InChI=1S/C14H20N2O2/c1-10(9-18-3)16(2)14(17)13-8-11-6-4-5-7-12(11)15-13/h4-7,10,13,15H,8-9H2,1-3H3. The number of nitrogens with one attached hydrogen (secondary N) is 1. The molecule has 1 heterocycles. The fourth-order valence-corrected chi connectivity index (χ4v) is 2.26. The number of fused-ring (bicyclic) bond motifs is 1. The lowest BCUT2D eigenvalue weighted by Crippen LogP contribution is -2.45. The van der Waals surface area contributed by atoms with E-state index in [-0.39, 0.29) is 18.0 Å². The van der Waals surface area contributed by atoms with Gasteiger partial charge in [-0.1, -0.05) is 18.2 Å². The van der Waals surface area contributed by atoms with E-state index in [1.165, 1.54) is 5.56 Å². The van der Waals surface area contributed by atoms with E-state index in [4.69, 9.17) is 4.74 Å². The van der Waals surface area contributed by atoms with Gasteiger partial charge in [-0.15, -0.1) is 0 Å². The number of carbonyl (C=O) groups excluding carboxylic acids is 1. The van der Waals surface area contributed by atoms with Crippen LogP contribution in [0.15, 0.2) is 24.3 Å². The summed E-state index contributed by atoms with van der Waals surface area (Å²) in [5.74, 6) is 0.121. The van der Waals surface area contributed by atoms with E-state index in [2.05, 4.69) is 11.4 Å². The Kier molecular flexibility index (Phi) is 3.87. The third kappa shape index (κ3) is 2.48. The molecule has 1 aliphatic rings. The molecule has 0 bridgehead atoms. The maximum atomic E-state index is 12.3. The molecule has 1 aromatic carbocycles. The molecular formula is C14H20N2O2. The van der Waals surface area contributed by atoms with Crippen molar-refractivity contribution >= 4 is 11.6 Å². The van der Waals surface area contributed by atoms with Crippen LogP contribution in [-0.4, -0.2) is 43.7 Å². The van der Waals surface area contributed by atoms with Gasteiger partial charge in [0.25, 0.3) is 0 Å². The lowest BCUT2D eigenvalue weighted by Gasteiger charge is -2.27. The zero-order valence-electron chi connectivity index (χ0n) is 11.1.